The van der Waals surface area contributed by atoms with Crippen molar-refractivity contribution < 1.29 is 14.3 Å². The second-order valence-electron chi connectivity index (χ2n) is 7.03. The molecule has 5 heteroatoms. The number of carbonyl (C=O) groups is 1. The van der Waals surface area contributed by atoms with Crippen LogP contribution in [0.3, 0.4) is 0 Å². The van der Waals surface area contributed by atoms with Gasteiger partial charge in [0.25, 0.3) is 0 Å². The molecule has 0 saturated carbocycles. The molecule has 2 aromatic rings. The van der Waals surface area contributed by atoms with Crippen LogP contribution in [0.4, 0.5) is 5.69 Å². The molecule has 0 radical (unpaired) electrons. The molecule has 28 heavy (non-hydrogen) atoms. The van der Waals surface area contributed by atoms with Crippen LogP contribution < -0.4 is 9.64 Å². The largest absolute Gasteiger partial charge is 0.493 e. The predicted octanol–water partition coefficient (Wildman–Crippen LogP) is 5.15. The Morgan fingerprint density at radius 1 is 1.11 bits per heavy atom. The summed E-state index contributed by atoms with van der Waals surface area (Å²) in [6, 6.07) is 9.67. The number of esters is 1. The standard InChI is InChI=1S/C23H30N2O3/c1-4-7-8-9-15-27-20-16-17(25(5-2)6-3)12-13-18(20)22-21-19(23(26)28-22)11-10-14-24-21/h10-14,16,22H,4-9,15H2,1-3H3. The zero-order valence-corrected chi connectivity index (χ0v) is 17.1. The van der Waals surface area contributed by atoms with Crippen LogP contribution in [-0.2, 0) is 4.74 Å². The van der Waals surface area contributed by atoms with E-state index < -0.39 is 6.10 Å². The lowest BCUT2D eigenvalue weighted by Crippen LogP contribution is -2.22. The van der Waals surface area contributed by atoms with Crippen molar-refractivity contribution in [1.29, 1.82) is 0 Å². The quantitative estimate of drug-likeness (QED) is 0.420. The summed E-state index contributed by atoms with van der Waals surface area (Å²) < 4.78 is 11.8. The number of rotatable bonds is 10. The van der Waals surface area contributed by atoms with Crippen molar-refractivity contribution in [3.8, 4) is 5.75 Å². The van der Waals surface area contributed by atoms with Crippen molar-refractivity contribution in [2.75, 3.05) is 24.6 Å². The second-order valence-corrected chi connectivity index (χ2v) is 7.03. The zero-order valence-electron chi connectivity index (χ0n) is 17.1. The molecule has 1 unspecified atom stereocenters. The van der Waals surface area contributed by atoms with E-state index in [1.54, 1.807) is 18.3 Å². The van der Waals surface area contributed by atoms with Gasteiger partial charge in [0.2, 0.25) is 0 Å². The third-order valence-electron chi connectivity index (χ3n) is 5.20. The Hall–Kier alpha value is -2.56. The Bertz CT molecular complexity index is 802. The number of anilines is 1. The average Bonchev–Trinajstić information content (AvgIpc) is 3.06. The fourth-order valence-corrected chi connectivity index (χ4v) is 3.60. The maximum atomic E-state index is 12.2. The molecule has 2 heterocycles. The summed E-state index contributed by atoms with van der Waals surface area (Å²) in [5.74, 6) is 0.451. The number of benzene rings is 1. The molecule has 1 aliphatic heterocycles. The number of pyridine rings is 1. The van der Waals surface area contributed by atoms with E-state index in [-0.39, 0.29) is 5.97 Å². The molecule has 0 fully saturated rings. The maximum Gasteiger partial charge on any atom is 0.341 e. The number of ether oxygens (including phenoxy) is 2. The molecule has 1 aliphatic rings. The van der Waals surface area contributed by atoms with Crippen LogP contribution in [0.1, 0.15) is 74.2 Å². The molecular weight excluding hydrogens is 352 g/mol. The number of unbranched alkanes of at least 4 members (excludes halogenated alkanes) is 3. The van der Waals surface area contributed by atoms with Gasteiger partial charge in [-0.15, -0.1) is 0 Å². The number of carbonyl (C=O) groups excluding carboxylic acids is 1. The number of hydrogen-bond donors (Lipinski definition) is 0. The van der Waals surface area contributed by atoms with Gasteiger partial charge in [0.1, 0.15) is 11.4 Å². The van der Waals surface area contributed by atoms with Gasteiger partial charge in [0, 0.05) is 36.6 Å². The van der Waals surface area contributed by atoms with Gasteiger partial charge in [0.05, 0.1) is 12.2 Å². The molecule has 0 saturated heterocycles. The van der Waals surface area contributed by atoms with Gasteiger partial charge < -0.3 is 14.4 Å². The topological polar surface area (TPSA) is 51.7 Å². The Morgan fingerprint density at radius 3 is 2.68 bits per heavy atom. The fourth-order valence-electron chi connectivity index (χ4n) is 3.60. The molecule has 0 amide bonds. The maximum absolute atomic E-state index is 12.2. The number of fused-ring (bicyclic) bond motifs is 1. The van der Waals surface area contributed by atoms with E-state index in [1.807, 2.05) is 6.07 Å². The second kappa shape index (κ2) is 9.58. The minimum Gasteiger partial charge on any atom is -0.493 e. The van der Waals surface area contributed by atoms with Crippen molar-refractivity contribution in [3.63, 3.8) is 0 Å². The van der Waals surface area contributed by atoms with E-state index in [0.717, 1.165) is 42.9 Å². The highest BCUT2D eigenvalue weighted by molar-refractivity contribution is 5.94. The Morgan fingerprint density at radius 2 is 1.93 bits per heavy atom. The summed E-state index contributed by atoms with van der Waals surface area (Å²) in [4.78, 5) is 18.9. The molecule has 0 N–H and O–H groups in total. The van der Waals surface area contributed by atoms with Crippen molar-refractivity contribution in [2.45, 2.75) is 52.6 Å². The van der Waals surface area contributed by atoms with Gasteiger partial charge in [-0.3, -0.25) is 4.98 Å². The number of hydrogen-bond acceptors (Lipinski definition) is 5. The van der Waals surface area contributed by atoms with Gasteiger partial charge in [-0.2, -0.15) is 0 Å². The highest BCUT2D eigenvalue weighted by Crippen LogP contribution is 2.40. The monoisotopic (exact) mass is 382 g/mol. The summed E-state index contributed by atoms with van der Waals surface area (Å²) in [6.45, 7) is 8.99. The molecule has 1 aromatic heterocycles. The first kappa shape index (κ1) is 20.2. The van der Waals surface area contributed by atoms with Crippen LogP contribution in [0.5, 0.6) is 5.75 Å². The predicted molar refractivity (Wildman–Crippen MR) is 111 cm³/mol. The fraction of sp³-hybridized carbons (Fsp3) is 0.478. The Balaban J connectivity index is 1.90. The van der Waals surface area contributed by atoms with Gasteiger partial charge in [-0.1, -0.05) is 26.2 Å². The average molecular weight is 383 g/mol. The third kappa shape index (κ3) is 4.29. The summed E-state index contributed by atoms with van der Waals surface area (Å²) in [5.41, 5.74) is 3.17. The lowest BCUT2D eigenvalue weighted by molar-refractivity contribution is 0.0448. The molecular formula is C23H30N2O3. The van der Waals surface area contributed by atoms with E-state index in [9.17, 15) is 4.79 Å². The molecule has 0 aliphatic carbocycles. The highest BCUT2D eigenvalue weighted by Gasteiger charge is 2.35. The van der Waals surface area contributed by atoms with E-state index in [2.05, 4.69) is 42.8 Å². The third-order valence-corrected chi connectivity index (χ3v) is 5.20. The first-order valence-electron chi connectivity index (χ1n) is 10.4. The summed E-state index contributed by atoms with van der Waals surface area (Å²) in [5, 5.41) is 0. The van der Waals surface area contributed by atoms with Crippen molar-refractivity contribution >= 4 is 11.7 Å². The van der Waals surface area contributed by atoms with Crippen LogP contribution in [0.25, 0.3) is 0 Å². The smallest absolute Gasteiger partial charge is 0.341 e. The molecule has 0 bridgehead atoms. The Labute approximate surface area is 167 Å². The first-order chi connectivity index (χ1) is 13.7. The minimum atomic E-state index is -0.514. The normalized spacial score (nSPS) is 15.2. The van der Waals surface area contributed by atoms with Crippen LogP contribution in [0.2, 0.25) is 0 Å². The van der Waals surface area contributed by atoms with E-state index >= 15 is 0 Å². The minimum absolute atomic E-state index is 0.324. The lowest BCUT2D eigenvalue weighted by Gasteiger charge is -2.24. The van der Waals surface area contributed by atoms with Crippen molar-refractivity contribution in [2.24, 2.45) is 0 Å². The summed E-state index contributed by atoms with van der Waals surface area (Å²) in [7, 11) is 0. The van der Waals surface area contributed by atoms with Crippen LogP contribution in [0, 0.1) is 0 Å². The van der Waals surface area contributed by atoms with Gasteiger partial charge in [-0.25, -0.2) is 4.79 Å². The highest BCUT2D eigenvalue weighted by atomic mass is 16.6. The van der Waals surface area contributed by atoms with E-state index in [0.29, 0.717) is 17.9 Å². The zero-order chi connectivity index (χ0) is 19.9. The molecule has 0 spiro atoms. The number of aromatic nitrogens is 1. The van der Waals surface area contributed by atoms with Gasteiger partial charge in [-0.05, 0) is 44.5 Å². The molecule has 5 nitrogen and oxygen atoms in total. The SMILES string of the molecule is CCCCCCOc1cc(N(CC)CC)ccc1C1OC(=O)c2cccnc21. The number of cyclic esters (lactones) is 1. The molecule has 1 aromatic carbocycles. The van der Waals surface area contributed by atoms with Crippen molar-refractivity contribution in [3.05, 3.63) is 53.3 Å². The van der Waals surface area contributed by atoms with Gasteiger partial charge in [0.15, 0.2) is 6.10 Å². The summed E-state index contributed by atoms with van der Waals surface area (Å²) >= 11 is 0. The Kier molecular flexibility index (Phi) is 6.90. The lowest BCUT2D eigenvalue weighted by atomic mass is 10.0. The van der Waals surface area contributed by atoms with Crippen LogP contribution in [-0.4, -0.2) is 30.6 Å². The molecule has 1 atom stereocenters. The van der Waals surface area contributed by atoms with Crippen LogP contribution in [0.15, 0.2) is 36.5 Å². The number of nitrogens with zero attached hydrogens (tertiary/aromatic N) is 2. The van der Waals surface area contributed by atoms with E-state index in [4.69, 9.17) is 9.47 Å². The first-order valence-corrected chi connectivity index (χ1v) is 10.4. The van der Waals surface area contributed by atoms with E-state index in [1.165, 1.54) is 12.8 Å². The van der Waals surface area contributed by atoms with Gasteiger partial charge >= 0.3 is 5.97 Å². The van der Waals surface area contributed by atoms with Crippen molar-refractivity contribution in [1.82, 2.24) is 4.98 Å². The molecule has 3 rings (SSSR count). The van der Waals surface area contributed by atoms with Crippen LogP contribution >= 0.6 is 0 Å². The molecule has 150 valence electrons. The summed E-state index contributed by atoms with van der Waals surface area (Å²) in [6.07, 6.45) is 5.77.